The number of imidazole rings is 1. The lowest BCUT2D eigenvalue weighted by molar-refractivity contribution is -0.143. The van der Waals surface area contributed by atoms with Crippen LogP contribution in [0, 0.1) is 5.95 Å². The van der Waals surface area contributed by atoms with Crippen LogP contribution in [0.5, 0.6) is 0 Å². The zero-order chi connectivity index (χ0) is 10.3. The maximum atomic E-state index is 13.1. The molecule has 2 aromatic rings. The fourth-order valence-electron chi connectivity index (χ4n) is 1.15. The van der Waals surface area contributed by atoms with Crippen molar-refractivity contribution in [3.05, 3.63) is 36.0 Å². The van der Waals surface area contributed by atoms with Gasteiger partial charge in [-0.3, -0.25) is 4.40 Å². The first-order valence-corrected chi connectivity index (χ1v) is 3.70. The molecule has 2 nitrogen and oxygen atoms in total. The highest BCUT2D eigenvalue weighted by Gasteiger charge is 2.38. The van der Waals surface area contributed by atoms with Crippen molar-refractivity contribution >= 4 is 5.65 Å². The zero-order valence-corrected chi connectivity index (χ0v) is 6.72. The van der Waals surface area contributed by atoms with E-state index in [1.807, 2.05) is 0 Å². The Balaban J connectivity index is 2.75. The van der Waals surface area contributed by atoms with Crippen molar-refractivity contribution in [1.82, 2.24) is 9.38 Å². The lowest BCUT2D eigenvalue weighted by Gasteiger charge is -2.00. The first-order valence-electron chi connectivity index (χ1n) is 3.70. The average molecular weight is 204 g/mol. The SMILES string of the molecule is Fc1c(C(F)(F)F)nc2ccccn12. The molecule has 0 radical (unpaired) electrons. The Kier molecular flexibility index (Phi) is 1.73. The van der Waals surface area contributed by atoms with Crippen LogP contribution in [-0.2, 0) is 6.18 Å². The van der Waals surface area contributed by atoms with Crippen molar-refractivity contribution in [3.8, 4) is 0 Å². The molecule has 0 atom stereocenters. The molecule has 2 rings (SSSR count). The van der Waals surface area contributed by atoms with E-state index in [1.54, 1.807) is 0 Å². The molecule has 74 valence electrons. The number of fused-ring (bicyclic) bond motifs is 1. The molecular formula is C8H4F4N2. The Hall–Kier alpha value is -1.59. The van der Waals surface area contributed by atoms with Crippen LogP contribution in [-0.4, -0.2) is 9.38 Å². The van der Waals surface area contributed by atoms with Gasteiger partial charge in [0.05, 0.1) is 0 Å². The number of pyridine rings is 1. The summed E-state index contributed by atoms with van der Waals surface area (Å²) < 4.78 is 50.4. The molecule has 0 aliphatic rings. The second-order valence-electron chi connectivity index (χ2n) is 2.68. The van der Waals surface area contributed by atoms with Gasteiger partial charge in [0, 0.05) is 6.20 Å². The highest BCUT2D eigenvalue weighted by Crippen LogP contribution is 2.30. The Morgan fingerprint density at radius 1 is 1.21 bits per heavy atom. The molecule has 0 N–H and O–H groups in total. The fraction of sp³-hybridized carbons (Fsp3) is 0.125. The van der Waals surface area contributed by atoms with Crippen molar-refractivity contribution in [1.29, 1.82) is 0 Å². The highest BCUT2D eigenvalue weighted by molar-refractivity contribution is 5.40. The summed E-state index contributed by atoms with van der Waals surface area (Å²) in [7, 11) is 0. The zero-order valence-electron chi connectivity index (χ0n) is 6.72. The summed E-state index contributed by atoms with van der Waals surface area (Å²) in [5.74, 6) is -1.38. The summed E-state index contributed by atoms with van der Waals surface area (Å²) >= 11 is 0. The van der Waals surface area contributed by atoms with Crippen LogP contribution < -0.4 is 0 Å². The number of hydrogen-bond donors (Lipinski definition) is 0. The van der Waals surface area contributed by atoms with E-state index in [9.17, 15) is 17.6 Å². The van der Waals surface area contributed by atoms with Crippen molar-refractivity contribution in [2.75, 3.05) is 0 Å². The summed E-state index contributed by atoms with van der Waals surface area (Å²) in [6.45, 7) is 0. The van der Waals surface area contributed by atoms with Gasteiger partial charge in [0.15, 0.2) is 5.69 Å². The predicted octanol–water partition coefficient (Wildman–Crippen LogP) is 2.49. The summed E-state index contributed by atoms with van der Waals surface area (Å²) in [6, 6.07) is 4.22. The van der Waals surface area contributed by atoms with Crippen LogP contribution in [0.2, 0.25) is 0 Å². The first-order chi connectivity index (χ1) is 6.50. The van der Waals surface area contributed by atoms with Crippen LogP contribution in [0.3, 0.4) is 0 Å². The van der Waals surface area contributed by atoms with Crippen LogP contribution in [0.4, 0.5) is 17.6 Å². The third-order valence-corrected chi connectivity index (χ3v) is 1.74. The molecule has 0 spiro atoms. The minimum absolute atomic E-state index is 0.0580. The largest absolute Gasteiger partial charge is 0.437 e. The molecule has 0 bridgehead atoms. The van der Waals surface area contributed by atoms with Gasteiger partial charge in [0.1, 0.15) is 5.65 Å². The van der Waals surface area contributed by atoms with Gasteiger partial charge in [-0.25, -0.2) is 4.98 Å². The van der Waals surface area contributed by atoms with Crippen LogP contribution >= 0.6 is 0 Å². The molecular weight excluding hydrogens is 200 g/mol. The van der Waals surface area contributed by atoms with E-state index in [2.05, 4.69) is 4.98 Å². The van der Waals surface area contributed by atoms with Gasteiger partial charge in [0.2, 0.25) is 5.95 Å². The monoisotopic (exact) mass is 204 g/mol. The number of halogens is 4. The fourth-order valence-corrected chi connectivity index (χ4v) is 1.15. The summed E-state index contributed by atoms with van der Waals surface area (Å²) in [4.78, 5) is 3.15. The molecule has 0 aliphatic heterocycles. The summed E-state index contributed by atoms with van der Waals surface area (Å²) in [5.41, 5.74) is -1.54. The van der Waals surface area contributed by atoms with Crippen molar-refractivity contribution in [2.45, 2.75) is 6.18 Å². The number of alkyl halides is 3. The molecule has 0 aromatic carbocycles. The summed E-state index contributed by atoms with van der Waals surface area (Å²) in [6.07, 6.45) is -3.57. The molecule has 2 heterocycles. The molecule has 0 saturated heterocycles. The lowest BCUT2D eigenvalue weighted by Crippen LogP contribution is -2.08. The normalized spacial score (nSPS) is 12.3. The molecule has 0 saturated carbocycles. The van der Waals surface area contributed by atoms with E-state index in [0.717, 1.165) is 4.40 Å². The molecule has 0 unspecified atom stereocenters. The van der Waals surface area contributed by atoms with Crippen LogP contribution in [0.25, 0.3) is 5.65 Å². The van der Waals surface area contributed by atoms with E-state index in [1.165, 1.54) is 24.4 Å². The van der Waals surface area contributed by atoms with Crippen LogP contribution in [0.1, 0.15) is 5.69 Å². The minimum Gasteiger partial charge on any atom is -0.276 e. The predicted molar refractivity (Wildman–Crippen MR) is 40.2 cm³/mol. The van der Waals surface area contributed by atoms with E-state index in [0.29, 0.717) is 0 Å². The molecule has 0 aliphatic carbocycles. The highest BCUT2D eigenvalue weighted by atomic mass is 19.4. The number of hydrogen-bond acceptors (Lipinski definition) is 1. The molecule has 0 fully saturated rings. The van der Waals surface area contributed by atoms with E-state index in [-0.39, 0.29) is 5.65 Å². The van der Waals surface area contributed by atoms with E-state index in [4.69, 9.17) is 0 Å². The van der Waals surface area contributed by atoms with Gasteiger partial charge in [-0.1, -0.05) is 6.07 Å². The van der Waals surface area contributed by atoms with Gasteiger partial charge < -0.3 is 0 Å². The molecule has 2 aromatic heterocycles. The summed E-state index contributed by atoms with van der Waals surface area (Å²) in [5, 5.41) is 0. The second kappa shape index (κ2) is 2.70. The molecule has 6 heteroatoms. The van der Waals surface area contributed by atoms with Gasteiger partial charge >= 0.3 is 6.18 Å². The Labute approximate surface area is 75.8 Å². The molecule has 14 heavy (non-hydrogen) atoms. The quantitative estimate of drug-likeness (QED) is 0.602. The number of rotatable bonds is 0. The Bertz CT molecular complexity index is 472. The standard InChI is InChI=1S/C8H4F4N2/c9-7-6(8(10,11)12)13-5-3-1-2-4-14(5)7/h1-4H. The third-order valence-electron chi connectivity index (χ3n) is 1.74. The molecule has 0 amide bonds. The van der Waals surface area contributed by atoms with Crippen molar-refractivity contribution in [2.24, 2.45) is 0 Å². The van der Waals surface area contributed by atoms with Gasteiger partial charge in [-0.05, 0) is 12.1 Å². The lowest BCUT2D eigenvalue weighted by atomic mass is 10.4. The van der Waals surface area contributed by atoms with Gasteiger partial charge in [0.25, 0.3) is 0 Å². The smallest absolute Gasteiger partial charge is 0.276 e. The maximum absolute atomic E-state index is 13.1. The van der Waals surface area contributed by atoms with E-state index >= 15 is 0 Å². The average Bonchev–Trinajstić information content (AvgIpc) is 2.44. The van der Waals surface area contributed by atoms with E-state index < -0.39 is 17.8 Å². The minimum atomic E-state index is -4.75. The van der Waals surface area contributed by atoms with Crippen LogP contribution in [0.15, 0.2) is 24.4 Å². The Morgan fingerprint density at radius 3 is 2.50 bits per heavy atom. The van der Waals surface area contributed by atoms with Gasteiger partial charge in [-0.15, -0.1) is 0 Å². The Morgan fingerprint density at radius 2 is 1.93 bits per heavy atom. The number of nitrogens with zero attached hydrogens (tertiary/aromatic N) is 2. The van der Waals surface area contributed by atoms with Gasteiger partial charge in [-0.2, -0.15) is 17.6 Å². The van der Waals surface area contributed by atoms with Crippen molar-refractivity contribution < 1.29 is 17.6 Å². The van der Waals surface area contributed by atoms with Crippen molar-refractivity contribution in [3.63, 3.8) is 0 Å². The maximum Gasteiger partial charge on any atom is 0.437 e. The second-order valence-corrected chi connectivity index (χ2v) is 2.68. The topological polar surface area (TPSA) is 17.3 Å². The number of aromatic nitrogens is 2. The third kappa shape index (κ3) is 1.23. The first kappa shape index (κ1) is 8.98.